The van der Waals surface area contributed by atoms with E-state index in [0.717, 1.165) is 23.9 Å². The summed E-state index contributed by atoms with van der Waals surface area (Å²) in [7, 11) is 0. The Labute approximate surface area is 222 Å². The average Bonchev–Trinajstić information content (AvgIpc) is 3.55. The molecule has 1 fully saturated rings. The van der Waals surface area contributed by atoms with Crippen LogP contribution in [0.15, 0.2) is 54.7 Å². The number of benzene rings is 2. The molecule has 2 aromatic carbocycles. The van der Waals surface area contributed by atoms with E-state index in [1.54, 1.807) is 0 Å². The number of nitrogens with zero attached hydrogens (tertiary/aromatic N) is 2. The number of fused-ring (bicyclic) bond motifs is 1. The lowest BCUT2D eigenvalue weighted by Crippen LogP contribution is -2.44. The second-order valence-corrected chi connectivity index (χ2v) is 11.3. The van der Waals surface area contributed by atoms with E-state index in [1.807, 2.05) is 15.9 Å². The number of amides is 2. The molecule has 1 aliphatic carbocycles. The van der Waals surface area contributed by atoms with Crippen molar-refractivity contribution in [1.82, 2.24) is 14.8 Å². The molecular formula is C32H43N3O2. The third-order valence-electron chi connectivity index (χ3n) is 7.68. The number of aromatic amines is 1. The number of aromatic nitrogens is 1. The van der Waals surface area contributed by atoms with E-state index in [9.17, 15) is 9.59 Å². The van der Waals surface area contributed by atoms with Gasteiger partial charge in [-0.3, -0.25) is 9.59 Å². The van der Waals surface area contributed by atoms with Gasteiger partial charge in [0.05, 0.1) is 6.54 Å². The van der Waals surface area contributed by atoms with Crippen LogP contribution < -0.4 is 0 Å². The van der Waals surface area contributed by atoms with Gasteiger partial charge in [-0.25, -0.2) is 0 Å². The maximum atomic E-state index is 13.7. The van der Waals surface area contributed by atoms with Crippen LogP contribution in [-0.2, 0) is 22.6 Å². The number of nitrogens with one attached hydrogen (secondary N) is 1. The average molecular weight is 502 g/mol. The second-order valence-electron chi connectivity index (χ2n) is 11.3. The predicted octanol–water partition coefficient (Wildman–Crippen LogP) is 6.50. The summed E-state index contributed by atoms with van der Waals surface area (Å²) in [5.74, 6) is 1.14. The molecule has 1 aromatic heterocycles. The molecular weight excluding hydrogens is 458 g/mol. The van der Waals surface area contributed by atoms with Gasteiger partial charge in [-0.2, -0.15) is 0 Å². The Hall–Kier alpha value is -3.08. The lowest BCUT2D eigenvalue weighted by molar-refractivity contribution is -0.141. The van der Waals surface area contributed by atoms with E-state index in [0.29, 0.717) is 37.9 Å². The number of carbonyl (C=O) groups is 2. The highest BCUT2D eigenvalue weighted by Gasteiger charge is 2.24. The summed E-state index contributed by atoms with van der Waals surface area (Å²) in [5, 5.41) is 1.20. The molecule has 0 saturated heterocycles. The minimum Gasteiger partial charge on any atom is -0.361 e. The largest absolute Gasteiger partial charge is 0.361 e. The van der Waals surface area contributed by atoms with Gasteiger partial charge >= 0.3 is 0 Å². The highest BCUT2D eigenvalue weighted by atomic mass is 16.2. The minimum atomic E-state index is 0.0234. The summed E-state index contributed by atoms with van der Waals surface area (Å²) in [5.41, 5.74) is 4.64. The first-order valence-corrected chi connectivity index (χ1v) is 14.0. The van der Waals surface area contributed by atoms with Crippen molar-refractivity contribution < 1.29 is 9.59 Å². The fourth-order valence-corrected chi connectivity index (χ4v) is 5.54. The molecule has 0 spiro atoms. The third-order valence-corrected chi connectivity index (χ3v) is 7.68. The fourth-order valence-electron chi connectivity index (χ4n) is 5.54. The maximum absolute atomic E-state index is 13.7. The van der Waals surface area contributed by atoms with Crippen LogP contribution in [0.25, 0.3) is 10.9 Å². The van der Waals surface area contributed by atoms with Crippen molar-refractivity contribution in [3.8, 4) is 0 Å². The summed E-state index contributed by atoms with van der Waals surface area (Å²) >= 11 is 0. The molecule has 0 aliphatic heterocycles. The summed E-state index contributed by atoms with van der Waals surface area (Å²) in [4.78, 5) is 34.0. The van der Waals surface area contributed by atoms with Gasteiger partial charge in [0.2, 0.25) is 11.8 Å². The zero-order chi connectivity index (χ0) is 26.2. The number of H-pyrrole nitrogens is 1. The van der Waals surface area contributed by atoms with Gasteiger partial charge in [0.25, 0.3) is 0 Å². The molecule has 198 valence electrons. The molecule has 5 nitrogen and oxygen atoms in total. The van der Waals surface area contributed by atoms with Gasteiger partial charge < -0.3 is 14.8 Å². The Bertz CT molecular complexity index is 1160. The molecule has 37 heavy (non-hydrogen) atoms. The molecule has 0 radical (unpaired) electrons. The van der Waals surface area contributed by atoms with E-state index in [1.165, 1.54) is 42.2 Å². The molecule has 1 heterocycles. The van der Waals surface area contributed by atoms with Crippen LogP contribution in [-0.4, -0.2) is 46.2 Å². The maximum Gasteiger partial charge on any atom is 0.242 e. The molecule has 0 atom stereocenters. The Morgan fingerprint density at radius 2 is 1.70 bits per heavy atom. The van der Waals surface area contributed by atoms with Gasteiger partial charge in [-0.05, 0) is 48.8 Å². The second kappa shape index (κ2) is 12.9. The molecule has 1 saturated carbocycles. The Morgan fingerprint density at radius 3 is 2.43 bits per heavy atom. The van der Waals surface area contributed by atoms with Crippen molar-refractivity contribution in [3.63, 3.8) is 0 Å². The Kier molecular flexibility index (Phi) is 9.43. The first kappa shape index (κ1) is 27.0. The van der Waals surface area contributed by atoms with Crippen LogP contribution in [0.2, 0.25) is 0 Å². The van der Waals surface area contributed by atoms with E-state index in [4.69, 9.17) is 0 Å². The molecule has 5 heteroatoms. The van der Waals surface area contributed by atoms with Crippen molar-refractivity contribution in [2.24, 2.45) is 11.8 Å². The van der Waals surface area contributed by atoms with Crippen LogP contribution in [0.1, 0.15) is 69.1 Å². The molecule has 4 rings (SSSR count). The quantitative estimate of drug-likeness (QED) is 0.308. The zero-order valence-corrected chi connectivity index (χ0v) is 22.8. The number of hydrogen-bond acceptors (Lipinski definition) is 2. The lowest BCUT2D eigenvalue weighted by atomic mass is 10.0. The third kappa shape index (κ3) is 7.70. The number of para-hydroxylation sites is 1. The number of aryl methyl sites for hydroxylation is 1. The molecule has 2 amide bonds. The number of hydrogen-bond donors (Lipinski definition) is 1. The summed E-state index contributed by atoms with van der Waals surface area (Å²) < 4.78 is 0. The predicted molar refractivity (Wildman–Crippen MR) is 151 cm³/mol. The Balaban J connectivity index is 1.46. The van der Waals surface area contributed by atoms with E-state index < -0.39 is 0 Å². The highest BCUT2D eigenvalue weighted by molar-refractivity contribution is 5.85. The molecule has 1 N–H and O–H groups in total. The normalized spacial score (nSPS) is 13.9. The fraction of sp³-hybridized carbons (Fsp3) is 0.500. The van der Waals surface area contributed by atoms with Crippen molar-refractivity contribution in [2.75, 3.05) is 19.6 Å². The standard InChI is InChI=1S/C32H43N3O2/c1-24(2)21-35(31(36)17-16-26-8-4-5-9-26)23-32(37)34(22-27-14-12-25(3)13-15-27)19-18-28-20-33-30-11-7-6-10-29(28)30/h6-7,10-15,20,24,26,33H,4-5,8-9,16-19,21-23H2,1-3H3. The van der Waals surface area contributed by atoms with Crippen molar-refractivity contribution in [1.29, 1.82) is 0 Å². The van der Waals surface area contributed by atoms with Gasteiger partial charge in [-0.15, -0.1) is 0 Å². The highest BCUT2D eigenvalue weighted by Crippen LogP contribution is 2.29. The van der Waals surface area contributed by atoms with Crippen molar-refractivity contribution in [3.05, 3.63) is 71.4 Å². The summed E-state index contributed by atoms with van der Waals surface area (Å²) in [6.07, 6.45) is 9.39. The van der Waals surface area contributed by atoms with Crippen LogP contribution in [0.5, 0.6) is 0 Å². The summed E-state index contributed by atoms with van der Waals surface area (Å²) in [6.45, 7) is 8.24. The molecule has 3 aromatic rings. The van der Waals surface area contributed by atoms with E-state index >= 15 is 0 Å². The molecule has 0 bridgehead atoms. The zero-order valence-electron chi connectivity index (χ0n) is 22.8. The van der Waals surface area contributed by atoms with Crippen LogP contribution in [0.4, 0.5) is 0 Å². The van der Waals surface area contributed by atoms with E-state index in [2.05, 4.69) is 74.4 Å². The minimum absolute atomic E-state index is 0.0234. The molecule has 1 aliphatic rings. The van der Waals surface area contributed by atoms with E-state index in [-0.39, 0.29) is 18.4 Å². The lowest BCUT2D eigenvalue weighted by Gasteiger charge is -2.29. The van der Waals surface area contributed by atoms with Crippen molar-refractivity contribution in [2.45, 2.75) is 72.3 Å². The first-order valence-electron chi connectivity index (χ1n) is 14.0. The SMILES string of the molecule is Cc1ccc(CN(CCc2c[nH]c3ccccc23)C(=O)CN(CC(C)C)C(=O)CCC2CCCC2)cc1. The van der Waals surface area contributed by atoms with Gasteiger partial charge in [0, 0.05) is 43.2 Å². The topological polar surface area (TPSA) is 56.4 Å². The van der Waals surface area contributed by atoms with Gasteiger partial charge in [0.1, 0.15) is 0 Å². The number of carbonyl (C=O) groups excluding carboxylic acids is 2. The van der Waals surface area contributed by atoms with Crippen LogP contribution in [0.3, 0.4) is 0 Å². The van der Waals surface area contributed by atoms with Crippen molar-refractivity contribution >= 4 is 22.7 Å². The Morgan fingerprint density at radius 1 is 0.973 bits per heavy atom. The summed E-state index contributed by atoms with van der Waals surface area (Å²) in [6, 6.07) is 16.7. The number of rotatable bonds is 12. The van der Waals surface area contributed by atoms with Gasteiger partial charge in [-0.1, -0.05) is 87.6 Å². The van der Waals surface area contributed by atoms with Gasteiger partial charge in [0.15, 0.2) is 0 Å². The van der Waals surface area contributed by atoms with Crippen LogP contribution >= 0.6 is 0 Å². The molecule has 0 unspecified atom stereocenters. The first-order chi connectivity index (χ1) is 17.9. The smallest absolute Gasteiger partial charge is 0.242 e. The van der Waals surface area contributed by atoms with Crippen LogP contribution in [0, 0.1) is 18.8 Å². The monoisotopic (exact) mass is 501 g/mol.